The van der Waals surface area contributed by atoms with Gasteiger partial charge in [0.15, 0.2) is 11.0 Å². The molecule has 0 saturated carbocycles. The summed E-state index contributed by atoms with van der Waals surface area (Å²) >= 11 is 1.51. The molecular weight excluding hydrogens is 344 g/mol. The van der Waals surface area contributed by atoms with Gasteiger partial charge in [0.25, 0.3) is 0 Å². The minimum absolute atomic E-state index is 0.161. The fraction of sp³-hybridized carbons (Fsp3) is 0.550. The van der Waals surface area contributed by atoms with Gasteiger partial charge in [-0.1, -0.05) is 55.9 Å². The Labute approximate surface area is 160 Å². The van der Waals surface area contributed by atoms with Crippen molar-refractivity contribution in [2.75, 3.05) is 13.1 Å². The van der Waals surface area contributed by atoms with Crippen molar-refractivity contribution in [3.63, 3.8) is 0 Å². The van der Waals surface area contributed by atoms with Crippen LogP contribution in [0.1, 0.15) is 34.1 Å². The molecule has 0 unspecified atom stereocenters. The van der Waals surface area contributed by atoms with Crippen molar-refractivity contribution in [2.45, 2.75) is 51.1 Å². The zero-order chi connectivity index (χ0) is 18.7. The van der Waals surface area contributed by atoms with Crippen LogP contribution < -0.4 is 0 Å². The number of aromatic nitrogens is 3. The van der Waals surface area contributed by atoms with Crippen molar-refractivity contribution in [1.29, 1.82) is 0 Å². The van der Waals surface area contributed by atoms with Gasteiger partial charge < -0.3 is 9.47 Å². The van der Waals surface area contributed by atoms with Crippen LogP contribution >= 0.6 is 11.8 Å². The Hall–Kier alpha value is -1.82. The molecule has 1 saturated heterocycles. The Kier molecular flexibility index (Phi) is 6.01. The summed E-state index contributed by atoms with van der Waals surface area (Å²) < 4.78 is 2.09. The normalized spacial score (nSPS) is 21.6. The minimum Gasteiger partial charge on any atom is -0.341 e. The fourth-order valence-corrected chi connectivity index (χ4v) is 4.77. The van der Waals surface area contributed by atoms with Crippen LogP contribution in [0.3, 0.4) is 0 Å². The molecule has 6 heteroatoms. The van der Waals surface area contributed by atoms with Gasteiger partial charge >= 0.3 is 0 Å². The van der Waals surface area contributed by atoms with Gasteiger partial charge in [-0.25, -0.2) is 0 Å². The number of benzene rings is 1. The third-order valence-corrected chi connectivity index (χ3v) is 5.94. The maximum atomic E-state index is 12.9. The first kappa shape index (κ1) is 19.0. The molecule has 1 aromatic heterocycles. The molecule has 1 aromatic carbocycles. The second kappa shape index (κ2) is 8.25. The number of thioether (sulfide) groups is 1. The minimum atomic E-state index is -0.161. The van der Waals surface area contributed by atoms with E-state index >= 15 is 0 Å². The highest BCUT2D eigenvalue weighted by Gasteiger charge is 2.29. The number of hydrogen-bond donors (Lipinski definition) is 0. The molecule has 2 aromatic rings. The average molecular weight is 373 g/mol. The zero-order valence-electron chi connectivity index (χ0n) is 16.1. The summed E-state index contributed by atoms with van der Waals surface area (Å²) in [6.07, 6.45) is 1.20. The Bertz CT molecular complexity index is 736. The van der Waals surface area contributed by atoms with E-state index in [4.69, 9.17) is 0 Å². The summed E-state index contributed by atoms with van der Waals surface area (Å²) in [5, 5.41) is 9.39. The monoisotopic (exact) mass is 372 g/mol. The summed E-state index contributed by atoms with van der Waals surface area (Å²) in [5.41, 5.74) is 1.05. The van der Waals surface area contributed by atoms with Gasteiger partial charge in [-0.05, 0) is 32.1 Å². The summed E-state index contributed by atoms with van der Waals surface area (Å²) in [5.74, 6) is 2.21. The average Bonchev–Trinajstić information content (AvgIpc) is 3.03. The third kappa shape index (κ3) is 4.11. The van der Waals surface area contributed by atoms with Crippen molar-refractivity contribution in [2.24, 2.45) is 11.8 Å². The van der Waals surface area contributed by atoms with E-state index in [0.29, 0.717) is 11.8 Å². The van der Waals surface area contributed by atoms with Gasteiger partial charge in [0, 0.05) is 25.2 Å². The quantitative estimate of drug-likeness (QED) is 0.746. The van der Waals surface area contributed by atoms with E-state index in [0.717, 1.165) is 36.2 Å². The second-order valence-corrected chi connectivity index (χ2v) is 8.67. The molecule has 3 atom stereocenters. The molecule has 2 heterocycles. The number of piperidine rings is 1. The van der Waals surface area contributed by atoms with E-state index in [1.54, 1.807) is 0 Å². The summed E-state index contributed by atoms with van der Waals surface area (Å²) in [6, 6.07) is 10.1. The smallest absolute Gasteiger partial charge is 0.235 e. The highest BCUT2D eigenvalue weighted by atomic mass is 32.2. The first-order valence-electron chi connectivity index (χ1n) is 9.43. The largest absolute Gasteiger partial charge is 0.341 e. The zero-order valence-corrected chi connectivity index (χ0v) is 16.9. The van der Waals surface area contributed by atoms with E-state index in [1.807, 2.05) is 42.2 Å². The van der Waals surface area contributed by atoms with Crippen LogP contribution in [0.5, 0.6) is 0 Å². The van der Waals surface area contributed by atoms with E-state index in [-0.39, 0.29) is 11.2 Å². The van der Waals surface area contributed by atoms with Crippen LogP contribution in [-0.4, -0.2) is 43.9 Å². The Morgan fingerprint density at radius 2 is 1.85 bits per heavy atom. The molecule has 1 amide bonds. The van der Waals surface area contributed by atoms with Crippen molar-refractivity contribution >= 4 is 17.7 Å². The van der Waals surface area contributed by atoms with Crippen molar-refractivity contribution in [3.8, 4) is 11.4 Å². The molecule has 0 aliphatic carbocycles. The van der Waals surface area contributed by atoms with E-state index in [2.05, 4.69) is 35.5 Å². The number of likely N-dealkylation sites (tertiary alicyclic amines) is 1. The lowest BCUT2D eigenvalue weighted by atomic mass is 9.92. The molecule has 0 bridgehead atoms. The molecule has 1 aliphatic rings. The predicted octanol–water partition coefficient (Wildman–Crippen LogP) is 3.95. The number of amides is 1. The van der Waals surface area contributed by atoms with Crippen molar-refractivity contribution in [1.82, 2.24) is 19.7 Å². The molecule has 0 N–H and O–H groups in total. The first-order chi connectivity index (χ1) is 12.5. The maximum absolute atomic E-state index is 12.9. The number of hydrogen-bond acceptors (Lipinski definition) is 4. The lowest BCUT2D eigenvalue weighted by Crippen LogP contribution is -2.45. The van der Waals surface area contributed by atoms with Crippen LogP contribution in [0.4, 0.5) is 0 Å². The lowest BCUT2D eigenvalue weighted by molar-refractivity contribution is -0.132. The molecule has 1 aliphatic heterocycles. The molecule has 0 radical (unpaired) electrons. The van der Waals surface area contributed by atoms with Crippen molar-refractivity contribution < 1.29 is 4.79 Å². The number of carbonyl (C=O) groups is 1. The van der Waals surface area contributed by atoms with Crippen LogP contribution in [0, 0.1) is 11.8 Å². The molecule has 26 heavy (non-hydrogen) atoms. The Morgan fingerprint density at radius 1 is 1.19 bits per heavy atom. The molecule has 0 spiro atoms. The SMILES string of the molecule is CCn1c(S[C@H](C)C(=O)N2C[C@H](C)C[C@H](C)C2)nnc1-c1ccccc1. The van der Waals surface area contributed by atoms with Crippen LogP contribution in [-0.2, 0) is 11.3 Å². The molecular formula is C20H28N4OS. The van der Waals surface area contributed by atoms with Crippen LogP contribution in [0.15, 0.2) is 35.5 Å². The van der Waals surface area contributed by atoms with E-state index < -0.39 is 0 Å². The van der Waals surface area contributed by atoms with Gasteiger partial charge in [0.1, 0.15) is 0 Å². The first-order valence-corrected chi connectivity index (χ1v) is 10.3. The highest BCUT2D eigenvalue weighted by molar-refractivity contribution is 8.00. The highest BCUT2D eigenvalue weighted by Crippen LogP contribution is 2.29. The molecule has 140 valence electrons. The van der Waals surface area contributed by atoms with E-state index in [9.17, 15) is 4.79 Å². The second-order valence-electron chi connectivity index (χ2n) is 7.37. The molecule has 5 nitrogen and oxygen atoms in total. The van der Waals surface area contributed by atoms with Gasteiger partial charge in [-0.15, -0.1) is 10.2 Å². The fourth-order valence-electron chi connectivity index (χ4n) is 3.77. The predicted molar refractivity (Wildman–Crippen MR) is 106 cm³/mol. The Morgan fingerprint density at radius 3 is 2.46 bits per heavy atom. The van der Waals surface area contributed by atoms with Crippen LogP contribution in [0.25, 0.3) is 11.4 Å². The van der Waals surface area contributed by atoms with Gasteiger partial charge in [-0.3, -0.25) is 4.79 Å². The van der Waals surface area contributed by atoms with E-state index in [1.165, 1.54) is 18.2 Å². The number of rotatable bonds is 5. The standard InChI is InChI=1S/C20H28N4OS/c1-5-24-18(17-9-7-6-8-10-17)21-22-20(24)26-16(4)19(25)23-12-14(2)11-15(3)13-23/h6-10,14-16H,5,11-13H2,1-4H3/t14-,15+,16-/m1/s1. The Balaban J connectivity index is 1.74. The topological polar surface area (TPSA) is 51.0 Å². The van der Waals surface area contributed by atoms with Crippen LogP contribution in [0.2, 0.25) is 0 Å². The van der Waals surface area contributed by atoms with Gasteiger partial charge in [0.05, 0.1) is 5.25 Å². The van der Waals surface area contributed by atoms with Gasteiger partial charge in [0.2, 0.25) is 5.91 Å². The van der Waals surface area contributed by atoms with Gasteiger partial charge in [-0.2, -0.15) is 0 Å². The maximum Gasteiger partial charge on any atom is 0.235 e. The number of nitrogens with zero attached hydrogens (tertiary/aromatic N) is 4. The summed E-state index contributed by atoms with van der Waals surface area (Å²) in [6.45, 7) is 11.0. The van der Waals surface area contributed by atoms with Crippen molar-refractivity contribution in [3.05, 3.63) is 30.3 Å². The summed E-state index contributed by atoms with van der Waals surface area (Å²) in [7, 11) is 0. The third-order valence-electron chi connectivity index (χ3n) is 4.88. The number of carbonyl (C=O) groups excluding carboxylic acids is 1. The molecule has 3 rings (SSSR count). The molecule has 1 fully saturated rings. The lowest BCUT2D eigenvalue weighted by Gasteiger charge is -2.36. The summed E-state index contributed by atoms with van der Waals surface area (Å²) in [4.78, 5) is 14.9.